The molecule has 0 unspecified atom stereocenters. The molecule has 0 fully saturated rings. The summed E-state index contributed by atoms with van der Waals surface area (Å²) in [5.41, 5.74) is 0.934. The topological polar surface area (TPSA) is 25.8 Å². The SMILES string of the molecule is Cc1nncc2cc(Cl)ccc12. The molecule has 0 saturated carbocycles. The molecule has 1 aromatic heterocycles. The van der Waals surface area contributed by atoms with Crippen LogP contribution < -0.4 is 0 Å². The highest BCUT2D eigenvalue weighted by atomic mass is 35.5. The summed E-state index contributed by atoms with van der Waals surface area (Å²) in [4.78, 5) is 0. The van der Waals surface area contributed by atoms with Crippen molar-refractivity contribution in [1.82, 2.24) is 10.2 Å². The van der Waals surface area contributed by atoms with E-state index in [-0.39, 0.29) is 0 Å². The molecule has 12 heavy (non-hydrogen) atoms. The van der Waals surface area contributed by atoms with Crippen LogP contribution in [0.15, 0.2) is 24.4 Å². The maximum Gasteiger partial charge on any atom is 0.0678 e. The normalized spacial score (nSPS) is 10.5. The molecule has 0 bridgehead atoms. The number of benzene rings is 1. The van der Waals surface area contributed by atoms with Gasteiger partial charge in [-0.1, -0.05) is 17.7 Å². The van der Waals surface area contributed by atoms with Crippen LogP contribution in [0.2, 0.25) is 5.02 Å². The van der Waals surface area contributed by atoms with Crippen molar-refractivity contribution in [2.24, 2.45) is 0 Å². The molecule has 0 spiro atoms. The van der Waals surface area contributed by atoms with Crippen LogP contribution in [-0.2, 0) is 0 Å². The van der Waals surface area contributed by atoms with E-state index in [2.05, 4.69) is 10.2 Å². The van der Waals surface area contributed by atoms with E-state index in [0.717, 1.165) is 21.5 Å². The van der Waals surface area contributed by atoms with E-state index in [4.69, 9.17) is 11.6 Å². The lowest BCUT2D eigenvalue weighted by Gasteiger charge is -1.98. The fourth-order valence-corrected chi connectivity index (χ4v) is 1.38. The van der Waals surface area contributed by atoms with Crippen LogP contribution in [0, 0.1) is 6.92 Å². The third-order valence-electron chi connectivity index (χ3n) is 1.81. The molecule has 2 aromatic rings. The Bertz CT molecular complexity index is 426. The Morgan fingerprint density at radius 1 is 1.33 bits per heavy atom. The lowest BCUT2D eigenvalue weighted by molar-refractivity contribution is 1.00. The Balaban J connectivity index is 2.86. The summed E-state index contributed by atoms with van der Waals surface area (Å²) in [5, 5.41) is 10.7. The Labute approximate surface area is 75.2 Å². The van der Waals surface area contributed by atoms with E-state index in [1.54, 1.807) is 6.20 Å². The second-order valence-electron chi connectivity index (χ2n) is 2.66. The van der Waals surface area contributed by atoms with Gasteiger partial charge >= 0.3 is 0 Å². The largest absolute Gasteiger partial charge is 0.158 e. The quantitative estimate of drug-likeness (QED) is 0.620. The highest BCUT2D eigenvalue weighted by Gasteiger charge is 1.98. The van der Waals surface area contributed by atoms with Gasteiger partial charge in [0, 0.05) is 15.8 Å². The fraction of sp³-hybridized carbons (Fsp3) is 0.111. The van der Waals surface area contributed by atoms with Crippen molar-refractivity contribution in [1.29, 1.82) is 0 Å². The summed E-state index contributed by atoms with van der Waals surface area (Å²) >= 11 is 5.82. The second-order valence-corrected chi connectivity index (χ2v) is 3.10. The van der Waals surface area contributed by atoms with E-state index in [1.165, 1.54) is 0 Å². The van der Waals surface area contributed by atoms with Gasteiger partial charge in [-0.05, 0) is 19.1 Å². The molecule has 0 atom stereocenters. The molecule has 0 amide bonds. The van der Waals surface area contributed by atoms with Gasteiger partial charge < -0.3 is 0 Å². The standard InChI is InChI=1S/C9H7ClN2/c1-6-9-3-2-8(10)4-7(9)5-11-12-6/h2-5H,1H3. The van der Waals surface area contributed by atoms with E-state index < -0.39 is 0 Å². The molecule has 1 aromatic carbocycles. The third kappa shape index (κ3) is 1.14. The Hall–Kier alpha value is -1.15. The van der Waals surface area contributed by atoms with Gasteiger partial charge in [0.2, 0.25) is 0 Å². The maximum absolute atomic E-state index is 5.82. The van der Waals surface area contributed by atoms with Crippen LogP contribution in [0.3, 0.4) is 0 Å². The molecule has 0 radical (unpaired) electrons. The lowest BCUT2D eigenvalue weighted by Crippen LogP contribution is -1.86. The van der Waals surface area contributed by atoms with Crippen LogP contribution in [0.5, 0.6) is 0 Å². The predicted molar refractivity (Wildman–Crippen MR) is 49.3 cm³/mol. The van der Waals surface area contributed by atoms with Crippen LogP contribution in [0.25, 0.3) is 10.8 Å². The number of hydrogen-bond donors (Lipinski definition) is 0. The molecule has 0 saturated heterocycles. The van der Waals surface area contributed by atoms with Crippen molar-refractivity contribution in [3.63, 3.8) is 0 Å². The van der Waals surface area contributed by atoms with Gasteiger partial charge in [-0.2, -0.15) is 10.2 Å². The molecule has 3 heteroatoms. The molecule has 2 nitrogen and oxygen atoms in total. The zero-order valence-electron chi connectivity index (χ0n) is 6.58. The predicted octanol–water partition coefficient (Wildman–Crippen LogP) is 2.59. The van der Waals surface area contributed by atoms with Crippen molar-refractivity contribution in [2.75, 3.05) is 0 Å². The Morgan fingerprint density at radius 2 is 2.17 bits per heavy atom. The van der Waals surface area contributed by atoms with E-state index in [0.29, 0.717) is 0 Å². The highest BCUT2D eigenvalue weighted by Crippen LogP contribution is 2.19. The van der Waals surface area contributed by atoms with Gasteiger partial charge in [-0.25, -0.2) is 0 Å². The minimum Gasteiger partial charge on any atom is -0.158 e. The van der Waals surface area contributed by atoms with Crippen molar-refractivity contribution in [3.05, 3.63) is 35.1 Å². The number of aryl methyl sites for hydroxylation is 1. The summed E-state index contributed by atoms with van der Waals surface area (Å²) in [7, 11) is 0. The average Bonchev–Trinajstić information content (AvgIpc) is 2.04. The third-order valence-corrected chi connectivity index (χ3v) is 2.04. The van der Waals surface area contributed by atoms with Gasteiger partial charge in [-0.3, -0.25) is 0 Å². The van der Waals surface area contributed by atoms with Crippen molar-refractivity contribution in [2.45, 2.75) is 6.92 Å². The van der Waals surface area contributed by atoms with E-state index in [9.17, 15) is 0 Å². The molecule has 2 rings (SSSR count). The molecule has 1 heterocycles. The minimum atomic E-state index is 0.731. The van der Waals surface area contributed by atoms with Gasteiger partial charge in [0.25, 0.3) is 0 Å². The number of fused-ring (bicyclic) bond motifs is 1. The zero-order chi connectivity index (χ0) is 8.55. The minimum absolute atomic E-state index is 0.731. The second kappa shape index (κ2) is 2.72. The summed E-state index contributed by atoms with van der Waals surface area (Å²) in [6.07, 6.45) is 1.72. The summed E-state index contributed by atoms with van der Waals surface area (Å²) in [5.74, 6) is 0. The van der Waals surface area contributed by atoms with Crippen molar-refractivity contribution >= 4 is 22.4 Å². The highest BCUT2D eigenvalue weighted by molar-refractivity contribution is 6.31. The molecule has 0 aliphatic rings. The lowest BCUT2D eigenvalue weighted by atomic mass is 10.1. The first-order valence-corrected chi connectivity index (χ1v) is 4.03. The number of hydrogen-bond acceptors (Lipinski definition) is 2. The van der Waals surface area contributed by atoms with Crippen LogP contribution in [0.4, 0.5) is 0 Å². The van der Waals surface area contributed by atoms with Gasteiger partial charge in [-0.15, -0.1) is 0 Å². The van der Waals surface area contributed by atoms with E-state index >= 15 is 0 Å². The molecule has 0 aliphatic heterocycles. The average molecular weight is 179 g/mol. The smallest absolute Gasteiger partial charge is 0.0678 e. The van der Waals surface area contributed by atoms with Crippen molar-refractivity contribution < 1.29 is 0 Å². The molecular formula is C9H7ClN2. The fourth-order valence-electron chi connectivity index (χ4n) is 1.20. The molecule has 0 aliphatic carbocycles. The monoisotopic (exact) mass is 178 g/mol. The summed E-state index contributed by atoms with van der Waals surface area (Å²) in [6, 6.07) is 5.71. The first kappa shape index (κ1) is 7.50. The first-order valence-electron chi connectivity index (χ1n) is 3.65. The van der Waals surface area contributed by atoms with Gasteiger partial charge in [0.1, 0.15) is 0 Å². The van der Waals surface area contributed by atoms with E-state index in [1.807, 2.05) is 25.1 Å². The molecule has 60 valence electrons. The van der Waals surface area contributed by atoms with Crippen molar-refractivity contribution in [3.8, 4) is 0 Å². The van der Waals surface area contributed by atoms with Crippen LogP contribution in [-0.4, -0.2) is 10.2 Å². The maximum atomic E-state index is 5.82. The number of nitrogens with zero attached hydrogens (tertiary/aromatic N) is 2. The first-order chi connectivity index (χ1) is 5.77. The number of rotatable bonds is 0. The summed E-state index contributed by atoms with van der Waals surface area (Å²) < 4.78 is 0. The molecule has 0 N–H and O–H groups in total. The van der Waals surface area contributed by atoms with Gasteiger partial charge in [0.15, 0.2) is 0 Å². The number of halogens is 1. The summed E-state index contributed by atoms with van der Waals surface area (Å²) in [6.45, 7) is 1.93. The zero-order valence-corrected chi connectivity index (χ0v) is 7.34. The number of aromatic nitrogens is 2. The van der Waals surface area contributed by atoms with Gasteiger partial charge in [0.05, 0.1) is 11.9 Å². The Kier molecular flexibility index (Phi) is 1.70. The van der Waals surface area contributed by atoms with Crippen LogP contribution in [0.1, 0.15) is 5.69 Å². The van der Waals surface area contributed by atoms with Crippen LogP contribution >= 0.6 is 11.6 Å². The molecular weight excluding hydrogens is 172 g/mol. The Morgan fingerprint density at radius 3 is 3.00 bits per heavy atom.